The Morgan fingerprint density at radius 1 is 1.26 bits per heavy atom. The SMILES string of the molecule is CCOc1nc(C)c2nc(-c3cncc(F)c3)n(CC3C=NN(C)C3)c2n1. The van der Waals surface area contributed by atoms with E-state index in [-0.39, 0.29) is 5.92 Å². The molecular weight excluding hydrogens is 349 g/mol. The Hall–Kier alpha value is -3.10. The zero-order valence-corrected chi connectivity index (χ0v) is 15.4. The quantitative estimate of drug-likeness (QED) is 0.686. The Morgan fingerprint density at radius 2 is 2.11 bits per heavy atom. The number of halogens is 1. The molecule has 0 saturated heterocycles. The molecule has 27 heavy (non-hydrogen) atoms. The maximum atomic E-state index is 13.8. The molecule has 1 unspecified atom stereocenters. The monoisotopic (exact) mass is 369 g/mol. The third-order valence-corrected chi connectivity index (χ3v) is 4.38. The minimum atomic E-state index is -0.411. The van der Waals surface area contributed by atoms with Crippen molar-refractivity contribution < 1.29 is 9.13 Å². The molecule has 0 bridgehead atoms. The predicted molar refractivity (Wildman–Crippen MR) is 99.0 cm³/mol. The molecule has 4 heterocycles. The molecular formula is C18H20FN7O. The van der Waals surface area contributed by atoms with Crippen molar-refractivity contribution in [1.82, 2.24) is 29.5 Å². The third-order valence-electron chi connectivity index (χ3n) is 4.38. The highest BCUT2D eigenvalue weighted by atomic mass is 19.1. The second-order valence-corrected chi connectivity index (χ2v) is 6.50. The summed E-state index contributed by atoms with van der Waals surface area (Å²) in [4.78, 5) is 17.6. The molecule has 0 saturated carbocycles. The molecule has 0 N–H and O–H groups in total. The Bertz CT molecular complexity index is 1020. The molecule has 0 radical (unpaired) electrons. The Morgan fingerprint density at radius 3 is 2.81 bits per heavy atom. The third kappa shape index (κ3) is 3.32. The largest absolute Gasteiger partial charge is 0.464 e. The van der Waals surface area contributed by atoms with Crippen LogP contribution in [0.5, 0.6) is 6.01 Å². The van der Waals surface area contributed by atoms with Crippen molar-refractivity contribution >= 4 is 17.4 Å². The molecule has 0 aliphatic carbocycles. The number of nitrogens with zero attached hydrogens (tertiary/aromatic N) is 7. The number of hydrogen-bond donors (Lipinski definition) is 0. The highest BCUT2D eigenvalue weighted by molar-refractivity contribution is 5.79. The van der Waals surface area contributed by atoms with Crippen LogP contribution in [0, 0.1) is 18.7 Å². The van der Waals surface area contributed by atoms with Gasteiger partial charge in [0.05, 0.1) is 18.5 Å². The van der Waals surface area contributed by atoms with E-state index in [1.165, 1.54) is 12.3 Å². The van der Waals surface area contributed by atoms with Gasteiger partial charge in [-0.25, -0.2) is 9.37 Å². The fraction of sp³-hybridized carbons (Fsp3) is 0.389. The summed E-state index contributed by atoms with van der Waals surface area (Å²) < 4.78 is 21.2. The first-order valence-electron chi connectivity index (χ1n) is 8.79. The van der Waals surface area contributed by atoms with Gasteiger partial charge in [-0.05, 0) is 19.9 Å². The molecule has 9 heteroatoms. The van der Waals surface area contributed by atoms with Gasteiger partial charge in [-0.3, -0.25) is 9.99 Å². The standard InChI is InChI=1S/C18H20FN7O/c1-4-27-18-22-11(2)15-17(24-18)26(10-12-6-21-25(3)9-12)16(23-15)13-5-14(19)8-20-7-13/h5-8,12H,4,9-10H2,1-3H3. The Kier molecular flexibility index (Phi) is 4.43. The zero-order chi connectivity index (χ0) is 19.0. The first-order valence-corrected chi connectivity index (χ1v) is 8.79. The lowest BCUT2D eigenvalue weighted by molar-refractivity contribution is 0.312. The first-order chi connectivity index (χ1) is 13.0. The number of pyridine rings is 1. The fourth-order valence-electron chi connectivity index (χ4n) is 3.21. The molecule has 0 amide bonds. The van der Waals surface area contributed by atoms with E-state index in [0.717, 1.165) is 6.54 Å². The Labute approximate surface area is 155 Å². The lowest BCUT2D eigenvalue weighted by Crippen LogP contribution is -2.19. The number of ether oxygens (including phenoxy) is 1. The number of fused-ring (bicyclic) bond motifs is 1. The summed E-state index contributed by atoms with van der Waals surface area (Å²) in [6.45, 7) is 5.62. The maximum absolute atomic E-state index is 13.8. The number of imidazole rings is 1. The summed E-state index contributed by atoms with van der Waals surface area (Å²) in [6, 6.07) is 1.73. The topological polar surface area (TPSA) is 81.3 Å². The normalized spacial score (nSPS) is 16.4. The van der Waals surface area contributed by atoms with E-state index in [0.29, 0.717) is 47.4 Å². The van der Waals surface area contributed by atoms with Crippen LogP contribution in [0.4, 0.5) is 4.39 Å². The second-order valence-electron chi connectivity index (χ2n) is 6.50. The van der Waals surface area contributed by atoms with E-state index >= 15 is 0 Å². The van der Waals surface area contributed by atoms with E-state index in [2.05, 4.69) is 20.1 Å². The summed E-state index contributed by atoms with van der Waals surface area (Å²) >= 11 is 0. The summed E-state index contributed by atoms with van der Waals surface area (Å²) in [6.07, 6.45) is 4.69. The van der Waals surface area contributed by atoms with Gasteiger partial charge in [0.25, 0.3) is 0 Å². The highest BCUT2D eigenvalue weighted by Gasteiger charge is 2.23. The predicted octanol–water partition coefficient (Wildman–Crippen LogP) is 2.28. The summed E-state index contributed by atoms with van der Waals surface area (Å²) in [5.41, 5.74) is 2.63. The van der Waals surface area contributed by atoms with Gasteiger partial charge in [0.2, 0.25) is 0 Å². The van der Waals surface area contributed by atoms with Crippen LogP contribution >= 0.6 is 0 Å². The lowest BCUT2D eigenvalue weighted by atomic mass is 10.1. The van der Waals surface area contributed by atoms with Gasteiger partial charge in [-0.15, -0.1) is 0 Å². The van der Waals surface area contributed by atoms with Crippen molar-refractivity contribution in [3.8, 4) is 17.4 Å². The molecule has 0 spiro atoms. The number of hydrogen-bond acceptors (Lipinski definition) is 7. The van der Waals surface area contributed by atoms with Crippen LogP contribution in [0.25, 0.3) is 22.6 Å². The number of rotatable bonds is 5. The van der Waals surface area contributed by atoms with Crippen molar-refractivity contribution in [3.05, 3.63) is 30.0 Å². The second kappa shape index (κ2) is 6.90. The van der Waals surface area contributed by atoms with Gasteiger partial charge >= 0.3 is 6.01 Å². The molecule has 4 rings (SSSR count). The molecule has 8 nitrogen and oxygen atoms in total. The molecule has 140 valence electrons. The fourth-order valence-corrected chi connectivity index (χ4v) is 3.21. The Balaban J connectivity index is 1.88. The van der Waals surface area contributed by atoms with Crippen molar-refractivity contribution in [3.63, 3.8) is 0 Å². The summed E-state index contributed by atoms with van der Waals surface area (Å²) in [5, 5.41) is 6.19. The van der Waals surface area contributed by atoms with E-state index in [1.54, 1.807) is 6.20 Å². The van der Waals surface area contributed by atoms with Crippen LogP contribution in [-0.2, 0) is 6.54 Å². The first kappa shape index (κ1) is 17.3. The van der Waals surface area contributed by atoms with Gasteiger partial charge in [-0.2, -0.15) is 15.1 Å². The number of aromatic nitrogens is 5. The van der Waals surface area contributed by atoms with E-state index in [4.69, 9.17) is 9.72 Å². The molecule has 1 aliphatic rings. The van der Waals surface area contributed by atoms with Crippen LogP contribution in [0.15, 0.2) is 23.6 Å². The smallest absolute Gasteiger partial charge is 0.318 e. The van der Waals surface area contributed by atoms with E-state index in [1.807, 2.05) is 36.7 Å². The number of hydrazone groups is 1. The highest BCUT2D eigenvalue weighted by Crippen LogP contribution is 2.28. The van der Waals surface area contributed by atoms with Crippen molar-refractivity contribution in [2.45, 2.75) is 20.4 Å². The van der Waals surface area contributed by atoms with Gasteiger partial charge in [-0.1, -0.05) is 0 Å². The van der Waals surface area contributed by atoms with Crippen molar-refractivity contribution in [2.75, 3.05) is 20.2 Å². The van der Waals surface area contributed by atoms with Crippen LogP contribution in [0.1, 0.15) is 12.6 Å². The summed E-state index contributed by atoms with van der Waals surface area (Å²) in [5.74, 6) is 0.385. The van der Waals surface area contributed by atoms with Crippen LogP contribution in [-0.4, -0.2) is 55.9 Å². The zero-order valence-electron chi connectivity index (χ0n) is 15.4. The molecule has 3 aromatic rings. The van der Waals surface area contributed by atoms with Crippen molar-refractivity contribution in [2.24, 2.45) is 11.0 Å². The molecule has 0 fully saturated rings. The average molecular weight is 369 g/mol. The minimum absolute atomic E-state index is 0.193. The van der Waals surface area contributed by atoms with Gasteiger partial charge in [0, 0.05) is 44.0 Å². The number of aryl methyl sites for hydroxylation is 1. The summed E-state index contributed by atoms with van der Waals surface area (Å²) in [7, 11) is 1.93. The molecule has 0 aromatic carbocycles. The van der Waals surface area contributed by atoms with Gasteiger partial charge < -0.3 is 9.30 Å². The molecule has 3 aromatic heterocycles. The van der Waals surface area contributed by atoms with Crippen molar-refractivity contribution in [1.29, 1.82) is 0 Å². The maximum Gasteiger partial charge on any atom is 0.318 e. The van der Waals surface area contributed by atoms with Crippen LogP contribution < -0.4 is 4.74 Å². The average Bonchev–Trinajstić information content (AvgIpc) is 3.20. The van der Waals surface area contributed by atoms with E-state index < -0.39 is 5.82 Å². The minimum Gasteiger partial charge on any atom is -0.464 e. The molecule has 1 aliphatic heterocycles. The van der Waals surface area contributed by atoms with Crippen LogP contribution in [0.2, 0.25) is 0 Å². The van der Waals surface area contributed by atoms with Gasteiger partial charge in [0.1, 0.15) is 17.2 Å². The van der Waals surface area contributed by atoms with Gasteiger partial charge in [0.15, 0.2) is 5.65 Å². The van der Waals surface area contributed by atoms with Crippen LogP contribution in [0.3, 0.4) is 0 Å². The lowest BCUT2D eigenvalue weighted by Gasteiger charge is -2.14. The molecule has 1 atom stereocenters. The van der Waals surface area contributed by atoms with E-state index in [9.17, 15) is 4.39 Å².